The second kappa shape index (κ2) is 8.31. The highest BCUT2D eigenvalue weighted by molar-refractivity contribution is 5.73. The van der Waals surface area contributed by atoms with Crippen LogP contribution in [0.25, 0.3) is 0 Å². The smallest absolute Gasteiger partial charge is 0.440 e. The van der Waals surface area contributed by atoms with E-state index in [9.17, 15) is 18.0 Å². The highest BCUT2D eigenvalue weighted by Gasteiger charge is 2.60. The summed E-state index contributed by atoms with van der Waals surface area (Å²) in [6, 6.07) is 14.0. The first kappa shape index (κ1) is 22.5. The summed E-state index contributed by atoms with van der Waals surface area (Å²) in [6.07, 6.45) is -2.82. The molecule has 0 aliphatic carbocycles. The number of carbonyl (C=O) groups excluding carboxylic acids is 1. The average molecular weight is 448 g/mol. The fourth-order valence-corrected chi connectivity index (χ4v) is 4.86. The molecule has 0 saturated carbocycles. The van der Waals surface area contributed by atoms with Crippen LogP contribution in [-0.4, -0.2) is 48.6 Å². The Morgan fingerprint density at radius 2 is 1.53 bits per heavy atom. The van der Waals surface area contributed by atoms with Gasteiger partial charge in [-0.15, -0.1) is 13.2 Å². The molecule has 8 heteroatoms. The molecule has 2 saturated heterocycles. The van der Waals surface area contributed by atoms with Crippen LogP contribution in [0.15, 0.2) is 48.5 Å². The van der Waals surface area contributed by atoms with E-state index in [2.05, 4.69) is 15.0 Å². The molecule has 2 aliphatic heterocycles. The molecular formula is C24H27F3N2O3. The minimum Gasteiger partial charge on any atom is -0.440 e. The predicted molar refractivity (Wildman–Crippen MR) is 114 cm³/mol. The molecule has 1 N–H and O–H groups in total. The van der Waals surface area contributed by atoms with Crippen molar-refractivity contribution >= 4 is 6.09 Å². The maximum absolute atomic E-state index is 12.6. The third-order valence-electron chi connectivity index (χ3n) is 6.59. The number of nitrogens with zero attached hydrogens (tertiary/aromatic N) is 1. The van der Waals surface area contributed by atoms with Gasteiger partial charge in [-0.3, -0.25) is 0 Å². The quantitative estimate of drug-likeness (QED) is 0.725. The summed E-state index contributed by atoms with van der Waals surface area (Å²) >= 11 is 0. The van der Waals surface area contributed by atoms with Crippen molar-refractivity contribution in [2.45, 2.75) is 50.1 Å². The number of nitrogens with one attached hydrogen (secondary N) is 1. The molecule has 32 heavy (non-hydrogen) atoms. The summed E-state index contributed by atoms with van der Waals surface area (Å²) in [5, 5.41) is 3.12. The molecule has 2 aliphatic rings. The van der Waals surface area contributed by atoms with Crippen molar-refractivity contribution in [2.75, 3.05) is 20.1 Å². The Hall–Kier alpha value is -2.74. The van der Waals surface area contributed by atoms with Gasteiger partial charge in [-0.05, 0) is 50.1 Å². The van der Waals surface area contributed by atoms with Crippen LogP contribution in [0.4, 0.5) is 18.0 Å². The monoisotopic (exact) mass is 448 g/mol. The van der Waals surface area contributed by atoms with Crippen molar-refractivity contribution in [1.82, 2.24) is 10.2 Å². The van der Waals surface area contributed by atoms with Crippen molar-refractivity contribution in [3.05, 3.63) is 65.2 Å². The molecule has 2 heterocycles. The third-order valence-corrected chi connectivity index (χ3v) is 6.59. The van der Waals surface area contributed by atoms with Gasteiger partial charge in [0, 0.05) is 25.9 Å². The van der Waals surface area contributed by atoms with Crippen LogP contribution < -0.4 is 10.1 Å². The van der Waals surface area contributed by atoms with Crippen molar-refractivity contribution in [1.29, 1.82) is 0 Å². The van der Waals surface area contributed by atoms with Gasteiger partial charge in [0.15, 0.2) is 0 Å². The van der Waals surface area contributed by atoms with E-state index < -0.39 is 23.6 Å². The summed E-state index contributed by atoms with van der Waals surface area (Å²) in [5.41, 5.74) is 1.60. The van der Waals surface area contributed by atoms with E-state index in [0.29, 0.717) is 25.7 Å². The van der Waals surface area contributed by atoms with Gasteiger partial charge in [-0.1, -0.05) is 42.0 Å². The lowest BCUT2D eigenvalue weighted by molar-refractivity contribution is -0.274. The molecule has 1 unspecified atom stereocenters. The predicted octanol–water partition coefficient (Wildman–Crippen LogP) is 4.62. The van der Waals surface area contributed by atoms with Gasteiger partial charge in [0.25, 0.3) is 0 Å². The molecule has 1 atom stereocenters. The minimum atomic E-state index is -4.74. The second-order valence-electron chi connectivity index (χ2n) is 8.93. The first-order valence-electron chi connectivity index (χ1n) is 10.7. The van der Waals surface area contributed by atoms with Gasteiger partial charge in [-0.2, -0.15) is 0 Å². The average Bonchev–Trinajstić information content (AvgIpc) is 2.97. The van der Waals surface area contributed by atoms with Crippen LogP contribution in [-0.2, 0) is 17.6 Å². The van der Waals surface area contributed by atoms with Crippen LogP contribution >= 0.6 is 0 Å². The van der Waals surface area contributed by atoms with Crippen LogP contribution in [0.3, 0.4) is 0 Å². The Bertz CT molecular complexity index is 952. The summed E-state index contributed by atoms with van der Waals surface area (Å²) < 4.78 is 47.5. The number of alkyl carbamates (subject to hydrolysis) is 1. The number of amides is 1. The number of halogens is 3. The Morgan fingerprint density at radius 3 is 2.06 bits per heavy atom. The Balaban J connectivity index is 1.67. The standard InChI is InChI=1S/C24H27F3N2O3/c1-17-3-5-18(6-4-17)15-22(16-19-7-9-20(10-8-19)31-24(25,26)27)23(32-21(30)28-22)11-13-29(2)14-12-23/h3-10H,11-16H2,1-2H3,(H,28,30). The van der Waals surface area contributed by atoms with E-state index in [1.165, 1.54) is 12.1 Å². The number of carbonyl (C=O) groups is 1. The number of piperidine rings is 1. The van der Waals surface area contributed by atoms with E-state index in [1.54, 1.807) is 12.1 Å². The summed E-state index contributed by atoms with van der Waals surface area (Å²) in [6.45, 7) is 3.61. The second-order valence-corrected chi connectivity index (χ2v) is 8.93. The molecule has 1 spiro atoms. The summed E-state index contributed by atoms with van der Waals surface area (Å²) in [5.74, 6) is -0.269. The zero-order chi connectivity index (χ0) is 23.0. The van der Waals surface area contributed by atoms with Gasteiger partial charge in [0.1, 0.15) is 11.4 Å². The number of alkyl halides is 3. The van der Waals surface area contributed by atoms with E-state index >= 15 is 0 Å². The molecule has 0 bridgehead atoms. The SMILES string of the molecule is Cc1ccc(CC2(Cc3ccc(OC(F)(F)F)cc3)NC(=O)OC23CCN(C)CC3)cc1. The van der Waals surface area contributed by atoms with E-state index in [0.717, 1.165) is 29.8 Å². The molecule has 0 aromatic heterocycles. The van der Waals surface area contributed by atoms with Gasteiger partial charge < -0.3 is 19.7 Å². The lowest BCUT2D eigenvalue weighted by Crippen LogP contribution is -2.63. The highest BCUT2D eigenvalue weighted by Crippen LogP contribution is 2.44. The van der Waals surface area contributed by atoms with Crippen LogP contribution in [0, 0.1) is 6.92 Å². The highest BCUT2D eigenvalue weighted by atomic mass is 19.4. The fraction of sp³-hybridized carbons (Fsp3) is 0.458. The number of benzene rings is 2. The molecule has 2 aromatic rings. The number of likely N-dealkylation sites (tertiary alicyclic amines) is 1. The fourth-order valence-electron chi connectivity index (χ4n) is 4.86. The van der Waals surface area contributed by atoms with Gasteiger partial charge >= 0.3 is 12.5 Å². The zero-order valence-corrected chi connectivity index (χ0v) is 18.2. The molecule has 0 radical (unpaired) electrons. The molecule has 4 rings (SSSR count). The number of hydrogen-bond donors (Lipinski definition) is 1. The van der Waals surface area contributed by atoms with Crippen molar-refractivity contribution < 1.29 is 27.4 Å². The first-order chi connectivity index (χ1) is 15.1. The Morgan fingerprint density at radius 1 is 1.00 bits per heavy atom. The minimum absolute atomic E-state index is 0.269. The van der Waals surface area contributed by atoms with E-state index in [-0.39, 0.29) is 5.75 Å². The number of hydrogen-bond acceptors (Lipinski definition) is 4. The van der Waals surface area contributed by atoms with Gasteiger partial charge in [0.05, 0.1) is 5.54 Å². The lowest BCUT2D eigenvalue weighted by Gasteiger charge is -2.47. The third kappa shape index (κ3) is 4.70. The number of ether oxygens (including phenoxy) is 2. The molecule has 2 aromatic carbocycles. The molecule has 172 valence electrons. The molecule has 5 nitrogen and oxygen atoms in total. The zero-order valence-electron chi connectivity index (χ0n) is 18.2. The van der Waals surface area contributed by atoms with Gasteiger partial charge in [0.2, 0.25) is 0 Å². The van der Waals surface area contributed by atoms with Crippen LogP contribution in [0.1, 0.15) is 29.5 Å². The number of rotatable bonds is 5. The van der Waals surface area contributed by atoms with Crippen LogP contribution in [0.5, 0.6) is 5.75 Å². The van der Waals surface area contributed by atoms with Crippen LogP contribution in [0.2, 0.25) is 0 Å². The molecule has 1 amide bonds. The molecule has 2 fully saturated rings. The number of aryl methyl sites for hydroxylation is 1. The summed E-state index contributed by atoms with van der Waals surface area (Å²) in [4.78, 5) is 14.8. The normalized spacial score (nSPS) is 23.1. The van der Waals surface area contributed by atoms with Gasteiger partial charge in [-0.25, -0.2) is 4.79 Å². The van der Waals surface area contributed by atoms with E-state index in [4.69, 9.17) is 4.74 Å². The summed E-state index contributed by atoms with van der Waals surface area (Å²) in [7, 11) is 2.04. The lowest BCUT2D eigenvalue weighted by atomic mass is 9.68. The van der Waals surface area contributed by atoms with Crippen molar-refractivity contribution in [2.24, 2.45) is 0 Å². The Kier molecular flexibility index (Phi) is 5.83. The Labute approximate surface area is 185 Å². The van der Waals surface area contributed by atoms with Crippen molar-refractivity contribution in [3.63, 3.8) is 0 Å². The van der Waals surface area contributed by atoms with E-state index in [1.807, 2.05) is 38.2 Å². The van der Waals surface area contributed by atoms with Crippen molar-refractivity contribution in [3.8, 4) is 5.75 Å². The maximum Gasteiger partial charge on any atom is 0.573 e. The molecular weight excluding hydrogens is 421 g/mol. The largest absolute Gasteiger partial charge is 0.573 e. The maximum atomic E-state index is 12.6. The first-order valence-corrected chi connectivity index (χ1v) is 10.7. The topological polar surface area (TPSA) is 50.8 Å².